The van der Waals surface area contributed by atoms with E-state index < -0.39 is 0 Å². The second-order valence-electron chi connectivity index (χ2n) is 6.26. The molecule has 8 heteroatoms. The van der Waals surface area contributed by atoms with Gasteiger partial charge in [-0.3, -0.25) is 4.79 Å². The molecular weight excluding hydrogens is 406 g/mol. The van der Waals surface area contributed by atoms with Gasteiger partial charge in [0.1, 0.15) is 0 Å². The molecule has 0 spiro atoms. The Bertz CT molecular complexity index is 1070. The first kappa shape index (κ1) is 19.2. The van der Waals surface area contributed by atoms with Gasteiger partial charge >= 0.3 is 0 Å². The van der Waals surface area contributed by atoms with Gasteiger partial charge in [-0.2, -0.15) is 10.4 Å². The zero-order valence-corrected chi connectivity index (χ0v) is 17.2. The van der Waals surface area contributed by atoms with Gasteiger partial charge < -0.3 is 9.47 Å². The molecule has 0 bridgehead atoms. The molecule has 2 aromatic heterocycles. The van der Waals surface area contributed by atoms with Crippen LogP contribution in [0, 0.1) is 11.3 Å². The minimum Gasteiger partial charge on any atom is -0.493 e. The van der Waals surface area contributed by atoms with Crippen LogP contribution >= 0.6 is 22.7 Å². The third-order valence-electron chi connectivity index (χ3n) is 4.49. The summed E-state index contributed by atoms with van der Waals surface area (Å²) in [4.78, 5) is 15.1. The van der Waals surface area contributed by atoms with Crippen molar-refractivity contribution in [2.45, 2.75) is 12.5 Å². The molecule has 1 aromatic carbocycles. The largest absolute Gasteiger partial charge is 0.493 e. The highest BCUT2D eigenvalue weighted by Crippen LogP contribution is 2.36. The molecule has 0 aliphatic carbocycles. The molecule has 3 aromatic rings. The minimum absolute atomic E-state index is 0.133. The third-order valence-corrected chi connectivity index (χ3v) is 6.38. The minimum atomic E-state index is -0.235. The maximum atomic E-state index is 13.0. The lowest BCUT2D eigenvalue weighted by molar-refractivity contribution is -0.135. The Balaban J connectivity index is 1.53. The van der Waals surface area contributed by atoms with E-state index in [4.69, 9.17) is 14.7 Å². The monoisotopic (exact) mass is 423 g/mol. The number of hydrogen-bond acceptors (Lipinski definition) is 7. The number of nitrogens with zero attached hydrogens (tertiary/aromatic N) is 3. The number of methoxy groups -OCH3 is 1. The van der Waals surface area contributed by atoms with E-state index >= 15 is 0 Å². The van der Waals surface area contributed by atoms with Crippen LogP contribution in [0.4, 0.5) is 0 Å². The second kappa shape index (κ2) is 8.47. The van der Waals surface area contributed by atoms with Crippen molar-refractivity contribution in [2.75, 3.05) is 13.7 Å². The fraction of sp³-hybridized carbons (Fsp3) is 0.190. The van der Waals surface area contributed by atoms with E-state index in [2.05, 4.69) is 11.2 Å². The number of carbonyl (C=O) groups excluding carboxylic acids is 1. The maximum Gasteiger partial charge on any atom is 0.281 e. The Morgan fingerprint density at radius 1 is 1.24 bits per heavy atom. The first-order valence-corrected chi connectivity index (χ1v) is 10.6. The van der Waals surface area contributed by atoms with Crippen LogP contribution in [0.3, 0.4) is 0 Å². The van der Waals surface area contributed by atoms with Gasteiger partial charge in [-0.25, -0.2) is 5.01 Å². The standard InChI is InChI=1S/C21H17N3O3S2/c1-26-18-10-14(12-22)6-7-17(18)27-13-21(25)24-16(20-5-3-9-29-20)11-15(23-24)19-4-2-8-28-19/h2-10,16H,11,13H2,1H3/t16-/m1/s1. The van der Waals surface area contributed by atoms with Crippen LogP contribution in [0.2, 0.25) is 0 Å². The van der Waals surface area contributed by atoms with E-state index in [1.165, 1.54) is 12.1 Å². The zero-order chi connectivity index (χ0) is 20.2. The first-order chi connectivity index (χ1) is 14.2. The van der Waals surface area contributed by atoms with Crippen molar-refractivity contribution in [1.82, 2.24) is 5.01 Å². The third kappa shape index (κ3) is 4.01. The fourth-order valence-corrected chi connectivity index (χ4v) is 4.63. The number of ether oxygens (including phenoxy) is 2. The van der Waals surface area contributed by atoms with Gasteiger partial charge in [0.2, 0.25) is 0 Å². The molecule has 0 radical (unpaired) electrons. The SMILES string of the molecule is COc1cc(C#N)ccc1OCC(=O)N1N=C(c2cccs2)C[C@@H]1c1cccs1. The molecule has 4 rings (SSSR count). The van der Waals surface area contributed by atoms with Crippen molar-refractivity contribution in [3.8, 4) is 17.6 Å². The van der Waals surface area contributed by atoms with Crippen molar-refractivity contribution >= 4 is 34.3 Å². The topological polar surface area (TPSA) is 74.9 Å². The van der Waals surface area contributed by atoms with Crippen molar-refractivity contribution in [3.63, 3.8) is 0 Å². The Hall–Kier alpha value is -3.15. The van der Waals surface area contributed by atoms with Gasteiger partial charge in [0.25, 0.3) is 5.91 Å². The van der Waals surface area contributed by atoms with Crippen molar-refractivity contribution in [1.29, 1.82) is 5.26 Å². The molecule has 1 aliphatic heterocycles. The van der Waals surface area contributed by atoms with Crippen molar-refractivity contribution in [3.05, 3.63) is 68.5 Å². The second-order valence-corrected chi connectivity index (χ2v) is 8.19. The van der Waals surface area contributed by atoms with Crippen LogP contribution < -0.4 is 9.47 Å². The lowest BCUT2D eigenvalue weighted by Crippen LogP contribution is -2.31. The zero-order valence-electron chi connectivity index (χ0n) is 15.6. The molecule has 1 atom stereocenters. The van der Waals surface area contributed by atoms with Gasteiger partial charge in [0, 0.05) is 17.4 Å². The summed E-state index contributed by atoms with van der Waals surface area (Å²) in [6, 6.07) is 14.7. The normalized spacial score (nSPS) is 15.7. The Labute approximate surface area is 176 Å². The molecular formula is C21H17N3O3S2. The predicted molar refractivity (Wildman–Crippen MR) is 113 cm³/mol. The van der Waals surface area contributed by atoms with Crippen LogP contribution in [0.5, 0.6) is 11.5 Å². The number of thiophene rings is 2. The average Bonchev–Trinajstić information content (AvgIpc) is 3.51. The lowest BCUT2D eigenvalue weighted by atomic mass is 10.1. The first-order valence-electron chi connectivity index (χ1n) is 8.87. The van der Waals surface area contributed by atoms with Crippen LogP contribution in [0.1, 0.15) is 27.8 Å². The smallest absolute Gasteiger partial charge is 0.281 e. The summed E-state index contributed by atoms with van der Waals surface area (Å²) in [5, 5.41) is 19.2. The molecule has 0 saturated carbocycles. The molecule has 0 fully saturated rings. The van der Waals surface area contributed by atoms with E-state index in [0.717, 1.165) is 15.5 Å². The molecule has 29 heavy (non-hydrogen) atoms. The molecule has 1 amide bonds. The van der Waals surface area contributed by atoms with Gasteiger partial charge in [-0.1, -0.05) is 12.1 Å². The maximum absolute atomic E-state index is 13.0. The predicted octanol–water partition coefficient (Wildman–Crippen LogP) is 4.45. The van der Waals surface area contributed by atoms with Gasteiger partial charge in [-0.05, 0) is 35.0 Å². The van der Waals surface area contributed by atoms with Gasteiger partial charge in [0.15, 0.2) is 18.1 Å². The summed E-state index contributed by atoms with van der Waals surface area (Å²) in [6.07, 6.45) is 0.674. The fourth-order valence-electron chi connectivity index (χ4n) is 3.10. The van der Waals surface area contributed by atoms with Crippen LogP contribution in [-0.2, 0) is 4.79 Å². The summed E-state index contributed by atoms with van der Waals surface area (Å²) in [5.41, 5.74) is 1.37. The van der Waals surface area contributed by atoms with E-state index in [9.17, 15) is 4.79 Å². The molecule has 6 nitrogen and oxygen atoms in total. The Morgan fingerprint density at radius 2 is 2.07 bits per heavy atom. The molecule has 3 heterocycles. The molecule has 0 N–H and O–H groups in total. The molecule has 146 valence electrons. The number of hydrogen-bond donors (Lipinski definition) is 0. The highest BCUT2D eigenvalue weighted by Gasteiger charge is 2.34. The van der Waals surface area contributed by atoms with E-state index in [0.29, 0.717) is 23.5 Å². The quantitative estimate of drug-likeness (QED) is 0.587. The van der Waals surface area contributed by atoms with Crippen LogP contribution in [-0.4, -0.2) is 30.3 Å². The van der Waals surface area contributed by atoms with Gasteiger partial charge in [-0.15, -0.1) is 22.7 Å². The summed E-state index contributed by atoms with van der Waals surface area (Å²) >= 11 is 3.22. The molecule has 1 aliphatic rings. The number of rotatable bonds is 6. The number of carbonyl (C=O) groups is 1. The molecule has 0 saturated heterocycles. The van der Waals surface area contributed by atoms with E-state index in [1.54, 1.807) is 40.9 Å². The van der Waals surface area contributed by atoms with E-state index in [1.807, 2.05) is 35.0 Å². The van der Waals surface area contributed by atoms with Crippen molar-refractivity contribution in [2.24, 2.45) is 5.10 Å². The van der Waals surface area contributed by atoms with Crippen molar-refractivity contribution < 1.29 is 14.3 Å². The Morgan fingerprint density at radius 3 is 2.76 bits per heavy atom. The van der Waals surface area contributed by atoms with Gasteiger partial charge in [0.05, 0.1) is 35.4 Å². The Kier molecular flexibility index (Phi) is 5.60. The summed E-state index contributed by atoms with van der Waals surface area (Å²) in [7, 11) is 1.50. The highest BCUT2D eigenvalue weighted by molar-refractivity contribution is 7.12. The lowest BCUT2D eigenvalue weighted by Gasteiger charge is -2.21. The van der Waals surface area contributed by atoms with Crippen LogP contribution in [0.15, 0.2) is 58.3 Å². The highest BCUT2D eigenvalue weighted by atomic mass is 32.1. The summed E-state index contributed by atoms with van der Waals surface area (Å²) in [5.74, 6) is 0.589. The number of benzene rings is 1. The van der Waals surface area contributed by atoms with Crippen LogP contribution in [0.25, 0.3) is 0 Å². The van der Waals surface area contributed by atoms with E-state index in [-0.39, 0.29) is 18.6 Å². The number of nitriles is 1. The number of hydrazone groups is 1. The summed E-state index contributed by atoms with van der Waals surface area (Å²) in [6.45, 7) is -0.175. The molecule has 0 unspecified atom stereocenters. The number of amides is 1. The average molecular weight is 424 g/mol. The summed E-state index contributed by atoms with van der Waals surface area (Å²) < 4.78 is 11.0.